The van der Waals surface area contributed by atoms with Gasteiger partial charge in [0.2, 0.25) is 0 Å². The van der Waals surface area contributed by atoms with E-state index in [1.54, 1.807) is 12.4 Å². The van der Waals surface area contributed by atoms with Gasteiger partial charge < -0.3 is 19.5 Å². The molecule has 0 saturated carbocycles. The van der Waals surface area contributed by atoms with Gasteiger partial charge in [0.25, 0.3) is 0 Å². The van der Waals surface area contributed by atoms with Crippen molar-refractivity contribution in [2.45, 2.75) is 24.9 Å². The summed E-state index contributed by atoms with van der Waals surface area (Å²) in [5.74, 6) is 0. The molecule has 0 bridgehead atoms. The van der Waals surface area contributed by atoms with Crippen LogP contribution in [0.4, 0.5) is 0 Å². The van der Waals surface area contributed by atoms with Gasteiger partial charge in [-0.3, -0.25) is 4.98 Å². The fraction of sp³-hybridized carbons (Fsp3) is 0.417. The van der Waals surface area contributed by atoms with Crippen molar-refractivity contribution in [3.05, 3.63) is 30.7 Å². The van der Waals surface area contributed by atoms with Crippen molar-refractivity contribution in [1.29, 1.82) is 0 Å². The summed E-state index contributed by atoms with van der Waals surface area (Å²) in [5.41, 5.74) is 1.02. The number of aliphatic hydroxyl groups is 2. The van der Waals surface area contributed by atoms with Gasteiger partial charge in [-0.15, -0.1) is 0 Å². The maximum absolute atomic E-state index is 9.72. The normalized spacial score (nSPS) is 28.9. The predicted octanol–water partition coefficient (Wildman–Crippen LogP) is 0.677. The minimum atomic E-state index is -0.607. The van der Waals surface area contributed by atoms with Crippen LogP contribution >= 0.6 is 0 Å². The second-order valence-corrected chi connectivity index (χ2v) is 4.27. The van der Waals surface area contributed by atoms with Gasteiger partial charge in [-0.2, -0.15) is 0 Å². The lowest BCUT2D eigenvalue weighted by molar-refractivity contribution is -0.0428. The lowest BCUT2D eigenvalue weighted by Crippen LogP contribution is -2.24. The maximum atomic E-state index is 9.72. The second-order valence-electron chi connectivity index (χ2n) is 4.27. The van der Waals surface area contributed by atoms with E-state index < -0.39 is 12.2 Å². The molecule has 17 heavy (non-hydrogen) atoms. The molecule has 5 heteroatoms. The van der Waals surface area contributed by atoms with E-state index in [0.717, 1.165) is 10.9 Å². The number of aliphatic hydroxyl groups excluding tert-OH is 2. The molecule has 0 amide bonds. The summed E-state index contributed by atoms with van der Waals surface area (Å²) in [6.07, 6.45) is 4.63. The Balaban J connectivity index is 1.95. The van der Waals surface area contributed by atoms with Crippen LogP contribution in [0.2, 0.25) is 0 Å². The third-order valence-electron chi connectivity index (χ3n) is 3.22. The lowest BCUT2D eigenvalue weighted by Gasteiger charge is -2.14. The number of pyridine rings is 1. The molecule has 1 saturated heterocycles. The topological polar surface area (TPSA) is 67.5 Å². The molecule has 1 aliphatic heterocycles. The molecular formula is C12H14N2O3. The first-order valence-electron chi connectivity index (χ1n) is 5.64. The van der Waals surface area contributed by atoms with Crippen LogP contribution in [-0.2, 0) is 4.74 Å². The van der Waals surface area contributed by atoms with E-state index in [2.05, 4.69) is 4.98 Å². The highest BCUT2D eigenvalue weighted by Gasteiger charge is 2.34. The third kappa shape index (κ3) is 1.72. The molecule has 90 valence electrons. The molecule has 3 heterocycles. The Bertz CT molecular complexity index is 525. The fourth-order valence-corrected chi connectivity index (χ4v) is 2.31. The van der Waals surface area contributed by atoms with Crippen molar-refractivity contribution < 1.29 is 14.9 Å². The van der Waals surface area contributed by atoms with Crippen molar-refractivity contribution in [2.75, 3.05) is 6.61 Å². The number of nitrogens with zero attached hydrogens (tertiary/aromatic N) is 2. The van der Waals surface area contributed by atoms with Crippen LogP contribution in [0.3, 0.4) is 0 Å². The average molecular weight is 234 g/mol. The van der Waals surface area contributed by atoms with Crippen LogP contribution in [-0.4, -0.2) is 38.6 Å². The first kappa shape index (κ1) is 10.7. The standard InChI is InChI=1S/C12H14N2O3/c15-7-11-10(16)5-12(17-11)14-4-2-8-6-13-3-1-9(8)14/h1-4,6,10-12,15-16H,5,7H2/t10-,11+,12+/m0/s1. The highest BCUT2D eigenvalue weighted by atomic mass is 16.5. The largest absolute Gasteiger partial charge is 0.394 e. The lowest BCUT2D eigenvalue weighted by atomic mass is 10.2. The molecule has 0 aromatic carbocycles. The summed E-state index contributed by atoms with van der Waals surface area (Å²) in [6, 6.07) is 3.88. The number of hydrogen-bond donors (Lipinski definition) is 2. The Hall–Kier alpha value is -1.43. The molecule has 1 aliphatic rings. The molecule has 2 N–H and O–H groups in total. The molecule has 0 unspecified atom stereocenters. The summed E-state index contributed by atoms with van der Waals surface area (Å²) < 4.78 is 7.59. The molecule has 3 rings (SSSR count). The smallest absolute Gasteiger partial charge is 0.137 e. The molecule has 5 nitrogen and oxygen atoms in total. The molecule has 0 radical (unpaired) electrons. The number of hydrogen-bond acceptors (Lipinski definition) is 4. The van der Waals surface area contributed by atoms with Gasteiger partial charge >= 0.3 is 0 Å². The van der Waals surface area contributed by atoms with E-state index in [0.29, 0.717) is 6.42 Å². The van der Waals surface area contributed by atoms with Crippen LogP contribution in [0.1, 0.15) is 12.6 Å². The minimum absolute atomic E-state index is 0.154. The van der Waals surface area contributed by atoms with E-state index in [1.165, 1.54) is 0 Å². The van der Waals surface area contributed by atoms with Gasteiger partial charge in [0.15, 0.2) is 0 Å². The Kier molecular flexibility index (Phi) is 2.58. The molecule has 1 fully saturated rings. The first-order valence-corrected chi connectivity index (χ1v) is 5.64. The summed E-state index contributed by atoms with van der Waals surface area (Å²) in [4.78, 5) is 4.06. The Labute approximate surface area is 98.3 Å². The zero-order chi connectivity index (χ0) is 11.8. The number of fused-ring (bicyclic) bond motifs is 1. The van der Waals surface area contributed by atoms with Crippen molar-refractivity contribution in [3.8, 4) is 0 Å². The molecule has 0 aliphatic carbocycles. The summed E-state index contributed by atoms with van der Waals surface area (Å²) in [7, 11) is 0. The van der Waals surface area contributed by atoms with Crippen LogP contribution in [0, 0.1) is 0 Å². The summed E-state index contributed by atoms with van der Waals surface area (Å²) in [5, 5.41) is 19.8. The first-order chi connectivity index (χ1) is 8.29. The third-order valence-corrected chi connectivity index (χ3v) is 3.22. The second kappa shape index (κ2) is 4.10. The van der Waals surface area contributed by atoms with Crippen LogP contribution in [0.15, 0.2) is 30.7 Å². The van der Waals surface area contributed by atoms with Crippen LogP contribution in [0.25, 0.3) is 10.9 Å². The van der Waals surface area contributed by atoms with E-state index in [9.17, 15) is 5.11 Å². The van der Waals surface area contributed by atoms with Gasteiger partial charge in [-0.05, 0) is 12.1 Å². The fourth-order valence-electron chi connectivity index (χ4n) is 2.31. The zero-order valence-corrected chi connectivity index (χ0v) is 9.23. The van der Waals surface area contributed by atoms with E-state index >= 15 is 0 Å². The Morgan fingerprint density at radius 2 is 2.35 bits per heavy atom. The average Bonchev–Trinajstić information content (AvgIpc) is 2.92. The highest BCUT2D eigenvalue weighted by Crippen LogP contribution is 2.31. The number of ether oxygens (including phenoxy) is 1. The molecule has 2 aromatic heterocycles. The highest BCUT2D eigenvalue weighted by molar-refractivity contribution is 5.78. The van der Waals surface area contributed by atoms with Gasteiger partial charge in [-0.1, -0.05) is 0 Å². The molecule has 0 spiro atoms. The van der Waals surface area contributed by atoms with Crippen molar-refractivity contribution in [1.82, 2.24) is 9.55 Å². The van der Waals surface area contributed by atoms with Crippen molar-refractivity contribution in [3.63, 3.8) is 0 Å². The van der Waals surface area contributed by atoms with Gasteiger partial charge in [0.1, 0.15) is 12.3 Å². The summed E-state index contributed by atoms with van der Waals surface area (Å²) >= 11 is 0. The van der Waals surface area contributed by atoms with Crippen LogP contribution < -0.4 is 0 Å². The molecule has 2 aromatic rings. The van der Waals surface area contributed by atoms with E-state index in [4.69, 9.17) is 9.84 Å². The van der Waals surface area contributed by atoms with E-state index in [-0.39, 0.29) is 12.8 Å². The zero-order valence-electron chi connectivity index (χ0n) is 9.23. The SMILES string of the molecule is OC[C@H]1O[C@@H](n2ccc3cnccc32)C[C@@H]1O. The van der Waals surface area contributed by atoms with Crippen LogP contribution in [0.5, 0.6) is 0 Å². The monoisotopic (exact) mass is 234 g/mol. The van der Waals surface area contributed by atoms with Gasteiger partial charge in [0, 0.05) is 30.4 Å². The maximum Gasteiger partial charge on any atom is 0.137 e. The number of rotatable bonds is 2. The quantitative estimate of drug-likeness (QED) is 0.801. The van der Waals surface area contributed by atoms with Crippen molar-refractivity contribution in [2.24, 2.45) is 0 Å². The Morgan fingerprint density at radius 3 is 3.12 bits per heavy atom. The molecular weight excluding hydrogens is 220 g/mol. The van der Waals surface area contributed by atoms with Gasteiger partial charge in [0.05, 0.1) is 18.2 Å². The minimum Gasteiger partial charge on any atom is -0.394 e. The number of aromatic nitrogens is 2. The van der Waals surface area contributed by atoms with Gasteiger partial charge in [-0.25, -0.2) is 0 Å². The summed E-state index contributed by atoms with van der Waals surface area (Å²) in [6.45, 7) is -0.154. The molecule has 3 atom stereocenters. The van der Waals surface area contributed by atoms with E-state index in [1.807, 2.05) is 22.9 Å². The van der Waals surface area contributed by atoms with Crippen molar-refractivity contribution >= 4 is 10.9 Å². The Morgan fingerprint density at radius 1 is 1.47 bits per heavy atom. The predicted molar refractivity (Wildman–Crippen MR) is 61.4 cm³/mol.